The zero-order valence-electron chi connectivity index (χ0n) is 12.4. The molecule has 2 rings (SSSR count). The van der Waals surface area contributed by atoms with Gasteiger partial charge in [-0.25, -0.2) is 18.1 Å². The smallest absolute Gasteiger partial charge is 0.258 e. The molecule has 1 aromatic carbocycles. The maximum atomic E-state index is 12.4. The summed E-state index contributed by atoms with van der Waals surface area (Å²) in [6, 6.07) is 8.44. The number of carbonyl (C=O) groups is 1. The van der Waals surface area contributed by atoms with Crippen molar-refractivity contribution in [2.24, 2.45) is 5.73 Å². The number of para-hydroxylation sites is 1. The number of carbonyl (C=O) groups excluding carboxylic acids is 1. The average molecular weight is 321 g/mol. The first kappa shape index (κ1) is 16.4. The molecule has 0 spiro atoms. The molecule has 0 atom stereocenters. The summed E-state index contributed by atoms with van der Waals surface area (Å²) in [7, 11) is -3.87. The highest BCUT2D eigenvalue weighted by atomic mass is 32.2. The molecule has 0 bridgehead atoms. The second kappa shape index (κ2) is 6.85. The quantitative estimate of drug-likeness (QED) is 0.759. The highest BCUT2D eigenvalue weighted by molar-refractivity contribution is 7.89. The molecule has 0 saturated heterocycles. The minimum absolute atomic E-state index is 0.0957. The number of nitrogens with two attached hydrogens (primary N) is 1. The number of fused-ring (bicyclic) bond motifs is 1. The fourth-order valence-electron chi connectivity index (χ4n) is 2.13. The van der Waals surface area contributed by atoms with Crippen molar-refractivity contribution in [3.8, 4) is 0 Å². The van der Waals surface area contributed by atoms with Crippen LogP contribution < -0.4 is 10.5 Å². The maximum absolute atomic E-state index is 12.4. The predicted molar refractivity (Wildman–Crippen MR) is 85.0 cm³/mol. The summed E-state index contributed by atoms with van der Waals surface area (Å²) in [6.07, 6.45) is 2.65. The molecular weight excluding hydrogens is 302 g/mol. The lowest BCUT2D eigenvalue weighted by Gasteiger charge is -2.10. The lowest BCUT2D eigenvalue weighted by atomic mass is 10.1. The van der Waals surface area contributed by atoms with Gasteiger partial charge in [0, 0.05) is 11.9 Å². The first-order chi connectivity index (χ1) is 10.5. The topological polar surface area (TPSA) is 102 Å². The highest BCUT2D eigenvalue weighted by Gasteiger charge is 2.23. The van der Waals surface area contributed by atoms with Gasteiger partial charge in [-0.05, 0) is 18.6 Å². The van der Waals surface area contributed by atoms with Crippen molar-refractivity contribution < 1.29 is 13.2 Å². The van der Waals surface area contributed by atoms with Gasteiger partial charge in [-0.15, -0.1) is 0 Å². The zero-order valence-corrected chi connectivity index (χ0v) is 13.2. The molecule has 0 aliphatic heterocycles. The van der Waals surface area contributed by atoms with Crippen molar-refractivity contribution >= 4 is 26.8 Å². The van der Waals surface area contributed by atoms with E-state index in [1.54, 1.807) is 24.3 Å². The standard InChI is InChI=1S/C15H19N3O3S/c1-2-3-6-9-17-22(20,21)15-12(14(16)19)10-11-7-4-5-8-13(11)18-15/h4-5,7-8,10,17H,2-3,6,9H2,1H3,(H2,16,19). The predicted octanol–water partition coefficient (Wildman–Crippen LogP) is 1.80. The van der Waals surface area contributed by atoms with Gasteiger partial charge in [0.2, 0.25) is 0 Å². The van der Waals surface area contributed by atoms with Crippen LogP contribution in [0.3, 0.4) is 0 Å². The third-order valence-electron chi connectivity index (χ3n) is 3.28. The normalized spacial score (nSPS) is 11.7. The van der Waals surface area contributed by atoms with Gasteiger partial charge in [-0.3, -0.25) is 4.79 Å². The number of benzene rings is 1. The monoisotopic (exact) mass is 321 g/mol. The third kappa shape index (κ3) is 3.61. The molecule has 0 aliphatic carbocycles. The van der Waals surface area contributed by atoms with Crippen LogP contribution in [0.1, 0.15) is 36.5 Å². The minimum Gasteiger partial charge on any atom is -0.366 e. The van der Waals surface area contributed by atoms with Gasteiger partial charge < -0.3 is 5.73 Å². The summed E-state index contributed by atoms with van der Waals surface area (Å²) < 4.78 is 27.2. The first-order valence-corrected chi connectivity index (χ1v) is 8.63. The van der Waals surface area contributed by atoms with Crippen LogP contribution in [0.5, 0.6) is 0 Å². The van der Waals surface area contributed by atoms with Crippen LogP contribution in [0.25, 0.3) is 10.9 Å². The molecule has 3 N–H and O–H groups in total. The van der Waals surface area contributed by atoms with Crippen molar-refractivity contribution in [3.63, 3.8) is 0 Å². The Hall–Kier alpha value is -1.99. The summed E-state index contributed by atoms with van der Waals surface area (Å²) in [6.45, 7) is 2.34. The summed E-state index contributed by atoms with van der Waals surface area (Å²) in [5.74, 6) is -0.813. The molecule has 1 heterocycles. The van der Waals surface area contributed by atoms with Crippen molar-refractivity contribution in [2.45, 2.75) is 31.2 Å². The van der Waals surface area contributed by atoms with Crippen LogP contribution >= 0.6 is 0 Å². The molecule has 0 fully saturated rings. The Labute approximate surface area is 129 Å². The van der Waals surface area contributed by atoms with Gasteiger partial charge in [0.15, 0.2) is 5.03 Å². The van der Waals surface area contributed by atoms with Crippen LogP contribution in [0.15, 0.2) is 35.4 Å². The number of nitrogens with one attached hydrogen (secondary N) is 1. The number of hydrogen-bond acceptors (Lipinski definition) is 4. The second-order valence-electron chi connectivity index (χ2n) is 5.00. The summed E-state index contributed by atoms with van der Waals surface area (Å²) >= 11 is 0. The third-order valence-corrected chi connectivity index (χ3v) is 4.69. The summed E-state index contributed by atoms with van der Waals surface area (Å²) in [4.78, 5) is 15.7. The molecule has 0 unspecified atom stereocenters. The molecule has 1 aromatic heterocycles. The van der Waals surface area contributed by atoms with E-state index in [1.165, 1.54) is 6.07 Å². The number of amides is 1. The van der Waals surface area contributed by atoms with Gasteiger partial charge in [-0.2, -0.15) is 0 Å². The number of rotatable bonds is 7. The number of aromatic nitrogens is 1. The number of sulfonamides is 1. The largest absolute Gasteiger partial charge is 0.366 e. The minimum atomic E-state index is -3.87. The van der Waals surface area contributed by atoms with E-state index in [0.717, 1.165) is 19.3 Å². The molecular formula is C15H19N3O3S. The zero-order chi connectivity index (χ0) is 16.2. The SMILES string of the molecule is CCCCCNS(=O)(=O)c1nc2ccccc2cc1C(N)=O. The number of primary amides is 1. The van der Waals surface area contributed by atoms with Crippen LogP contribution in [0.2, 0.25) is 0 Å². The van der Waals surface area contributed by atoms with E-state index in [1.807, 2.05) is 6.92 Å². The molecule has 7 heteroatoms. The molecule has 0 radical (unpaired) electrons. The maximum Gasteiger partial charge on any atom is 0.258 e. The summed E-state index contributed by atoms with van der Waals surface area (Å²) in [5, 5.41) is 0.358. The fraction of sp³-hybridized carbons (Fsp3) is 0.333. The molecule has 118 valence electrons. The highest BCUT2D eigenvalue weighted by Crippen LogP contribution is 2.20. The Bertz CT molecular complexity index is 788. The van der Waals surface area contributed by atoms with Crippen molar-refractivity contribution in [1.82, 2.24) is 9.71 Å². The molecule has 1 amide bonds. The summed E-state index contributed by atoms with van der Waals surface area (Å²) in [5.41, 5.74) is 5.71. The van der Waals surface area contributed by atoms with E-state index in [-0.39, 0.29) is 10.6 Å². The number of nitrogens with zero attached hydrogens (tertiary/aromatic N) is 1. The van der Waals surface area contributed by atoms with Gasteiger partial charge in [0.05, 0.1) is 11.1 Å². The number of hydrogen-bond donors (Lipinski definition) is 2. The lowest BCUT2D eigenvalue weighted by molar-refractivity contribution is 0.0996. The average Bonchev–Trinajstić information content (AvgIpc) is 2.50. The van der Waals surface area contributed by atoms with E-state index in [4.69, 9.17) is 5.73 Å². The van der Waals surface area contributed by atoms with E-state index >= 15 is 0 Å². The Morgan fingerprint density at radius 1 is 1.27 bits per heavy atom. The Balaban J connectivity index is 2.43. The fourth-order valence-corrected chi connectivity index (χ4v) is 3.35. The van der Waals surface area contributed by atoms with E-state index in [0.29, 0.717) is 17.4 Å². The van der Waals surface area contributed by atoms with Crippen molar-refractivity contribution in [3.05, 3.63) is 35.9 Å². The second-order valence-corrected chi connectivity index (χ2v) is 6.69. The Morgan fingerprint density at radius 3 is 2.68 bits per heavy atom. The van der Waals surface area contributed by atoms with Gasteiger partial charge in [0.1, 0.15) is 0 Å². The van der Waals surface area contributed by atoms with Crippen LogP contribution in [-0.2, 0) is 10.0 Å². The van der Waals surface area contributed by atoms with Crippen LogP contribution in [0.4, 0.5) is 0 Å². The van der Waals surface area contributed by atoms with Gasteiger partial charge in [-0.1, -0.05) is 38.0 Å². The van der Waals surface area contributed by atoms with E-state index in [9.17, 15) is 13.2 Å². The van der Waals surface area contributed by atoms with Crippen molar-refractivity contribution in [1.29, 1.82) is 0 Å². The van der Waals surface area contributed by atoms with Gasteiger partial charge in [0.25, 0.3) is 15.9 Å². The van der Waals surface area contributed by atoms with Gasteiger partial charge >= 0.3 is 0 Å². The first-order valence-electron chi connectivity index (χ1n) is 7.15. The lowest BCUT2D eigenvalue weighted by Crippen LogP contribution is -2.28. The van der Waals surface area contributed by atoms with E-state index < -0.39 is 15.9 Å². The van der Waals surface area contributed by atoms with E-state index in [2.05, 4.69) is 9.71 Å². The number of pyridine rings is 1. The molecule has 0 saturated carbocycles. The van der Waals surface area contributed by atoms with Crippen molar-refractivity contribution in [2.75, 3.05) is 6.54 Å². The molecule has 22 heavy (non-hydrogen) atoms. The Morgan fingerprint density at radius 2 is 2.00 bits per heavy atom. The van der Waals surface area contributed by atoms with Crippen LogP contribution in [0, 0.1) is 0 Å². The molecule has 0 aliphatic rings. The molecule has 2 aromatic rings. The Kier molecular flexibility index (Phi) is 5.10. The van der Waals surface area contributed by atoms with Crippen LogP contribution in [-0.4, -0.2) is 25.9 Å². The molecule has 6 nitrogen and oxygen atoms in total. The number of unbranched alkanes of at least 4 members (excludes halogenated alkanes) is 2.